The van der Waals surface area contributed by atoms with Crippen LogP contribution in [0.25, 0.3) is 11.2 Å². The van der Waals surface area contributed by atoms with Crippen LogP contribution in [0.15, 0.2) is 21.2 Å². The number of aromatic nitrogens is 4. The first-order valence-electron chi connectivity index (χ1n) is 9.06. The van der Waals surface area contributed by atoms with E-state index in [4.69, 9.17) is 11.0 Å². The summed E-state index contributed by atoms with van der Waals surface area (Å²) >= 11 is 0. The van der Waals surface area contributed by atoms with Crippen molar-refractivity contribution >= 4 is 17.1 Å². The minimum Gasteiger partial charge on any atom is -0.341 e. The summed E-state index contributed by atoms with van der Waals surface area (Å²) in [7, 11) is 1.42. The fourth-order valence-corrected chi connectivity index (χ4v) is 3.44. The molecule has 2 aromatic rings. The molecule has 0 amide bonds. The lowest BCUT2D eigenvalue weighted by molar-refractivity contribution is 0.495. The molecule has 3 rings (SSSR count). The molecule has 1 unspecified atom stereocenters. The van der Waals surface area contributed by atoms with E-state index in [0.29, 0.717) is 24.6 Å². The number of nitriles is 1. The number of hydrogen-bond acceptors (Lipinski definition) is 6. The molecule has 3 heterocycles. The fraction of sp³-hybridized carbons (Fsp3) is 0.556. The van der Waals surface area contributed by atoms with Gasteiger partial charge in [-0.2, -0.15) is 10.2 Å². The normalized spacial score (nSPS) is 17.1. The standard InChI is InChI=1S/C18H25N7O2/c1-12(2)6-9-24-14-15(21-17(24)23-8-4-5-13(20)11-23)25(10-7-19)18(27)22(3)16(14)26/h6,13H,4-5,8-11,20H2,1-3H3. The maximum absolute atomic E-state index is 12.9. The van der Waals surface area contributed by atoms with Crippen molar-refractivity contribution in [1.29, 1.82) is 5.26 Å². The van der Waals surface area contributed by atoms with Crippen LogP contribution in [-0.2, 0) is 20.1 Å². The van der Waals surface area contributed by atoms with E-state index in [1.165, 1.54) is 11.6 Å². The number of fused-ring (bicyclic) bond motifs is 1. The molecule has 1 atom stereocenters. The third-order valence-electron chi connectivity index (χ3n) is 4.86. The Kier molecular flexibility index (Phi) is 5.19. The van der Waals surface area contributed by atoms with E-state index in [-0.39, 0.29) is 18.2 Å². The van der Waals surface area contributed by atoms with Gasteiger partial charge in [0.05, 0.1) is 6.07 Å². The first-order chi connectivity index (χ1) is 12.8. The van der Waals surface area contributed by atoms with E-state index in [9.17, 15) is 9.59 Å². The number of nitrogens with zero attached hydrogens (tertiary/aromatic N) is 6. The second kappa shape index (κ2) is 7.40. The SMILES string of the molecule is CC(C)=CCn1c(N2CCCC(N)C2)nc2c1c(=O)n(C)c(=O)n2CC#N. The molecule has 27 heavy (non-hydrogen) atoms. The molecule has 0 aromatic carbocycles. The van der Waals surface area contributed by atoms with Crippen LogP contribution in [0.5, 0.6) is 0 Å². The predicted octanol–water partition coefficient (Wildman–Crippen LogP) is 0.314. The summed E-state index contributed by atoms with van der Waals surface area (Å²) in [5.74, 6) is 0.618. The lowest BCUT2D eigenvalue weighted by Crippen LogP contribution is -2.44. The van der Waals surface area contributed by atoms with E-state index in [1.807, 2.05) is 30.6 Å². The maximum atomic E-state index is 12.9. The van der Waals surface area contributed by atoms with Crippen molar-refractivity contribution < 1.29 is 0 Å². The highest BCUT2D eigenvalue weighted by Crippen LogP contribution is 2.23. The van der Waals surface area contributed by atoms with Crippen molar-refractivity contribution in [1.82, 2.24) is 18.7 Å². The van der Waals surface area contributed by atoms with E-state index in [2.05, 4.69) is 9.88 Å². The maximum Gasteiger partial charge on any atom is 0.333 e. The molecule has 1 saturated heterocycles. The van der Waals surface area contributed by atoms with Crippen LogP contribution in [0.3, 0.4) is 0 Å². The molecule has 0 saturated carbocycles. The zero-order chi connectivity index (χ0) is 19.7. The highest BCUT2D eigenvalue weighted by Gasteiger charge is 2.26. The second-order valence-electron chi connectivity index (χ2n) is 7.22. The van der Waals surface area contributed by atoms with Gasteiger partial charge in [-0.3, -0.25) is 13.9 Å². The van der Waals surface area contributed by atoms with Crippen LogP contribution in [-0.4, -0.2) is 37.8 Å². The average Bonchev–Trinajstić information content (AvgIpc) is 3.01. The lowest BCUT2D eigenvalue weighted by atomic mass is 10.1. The number of nitrogens with two attached hydrogens (primary N) is 1. The first kappa shape index (κ1) is 18.9. The number of imidazole rings is 1. The zero-order valence-corrected chi connectivity index (χ0v) is 16.0. The Morgan fingerprint density at radius 3 is 2.74 bits per heavy atom. The third-order valence-corrected chi connectivity index (χ3v) is 4.86. The summed E-state index contributed by atoms with van der Waals surface area (Å²) in [6, 6.07) is 2.02. The Bertz CT molecular complexity index is 1050. The summed E-state index contributed by atoms with van der Waals surface area (Å²) < 4.78 is 4.12. The van der Waals surface area contributed by atoms with Gasteiger partial charge in [0.1, 0.15) is 6.54 Å². The predicted molar refractivity (Wildman–Crippen MR) is 104 cm³/mol. The van der Waals surface area contributed by atoms with Gasteiger partial charge in [0.15, 0.2) is 11.2 Å². The molecule has 1 fully saturated rings. The lowest BCUT2D eigenvalue weighted by Gasteiger charge is -2.31. The minimum absolute atomic E-state index is 0.0413. The third kappa shape index (κ3) is 3.40. The van der Waals surface area contributed by atoms with Crippen molar-refractivity contribution in [2.75, 3.05) is 18.0 Å². The largest absolute Gasteiger partial charge is 0.341 e. The summed E-state index contributed by atoms with van der Waals surface area (Å²) in [5, 5.41) is 9.13. The van der Waals surface area contributed by atoms with Crippen molar-refractivity contribution in [2.24, 2.45) is 12.8 Å². The van der Waals surface area contributed by atoms with Crippen molar-refractivity contribution in [3.63, 3.8) is 0 Å². The van der Waals surface area contributed by atoms with Crippen LogP contribution in [0.2, 0.25) is 0 Å². The minimum atomic E-state index is -0.539. The quantitative estimate of drug-likeness (QED) is 0.774. The van der Waals surface area contributed by atoms with Crippen molar-refractivity contribution in [3.05, 3.63) is 32.5 Å². The van der Waals surface area contributed by atoms with Crippen LogP contribution < -0.4 is 21.9 Å². The Balaban J connectivity index is 2.32. The second-order valence-corrected chi connectivity index (χ2v) is 7.22. The molecule has 0 radical (unpaired) electrons. The van der Waals surface area contributed by atoms with Crippen molar-refractivity contribution in [3.8, 4) is 6.07 Å². The Labute approximate surface area is 156 Å². The zero-order valence-electron chi connectivity index (χ0n) is 16.0. The summed E-state index contributed by atoms with van der Waals surface area (Å²) in [6.07, 6.45) is 3.90. The molecular weight excluding hydrogens is 346 g/mol. The molecule has 2 N–H and O–H groups in total. The van der Waals surface area contributed by atoms with Gasteiger partial charge in [-0.15, -0.1) is 0 Å². The van der Waals surface area contributed by atoms with E-state index in [0.717, 1.165) is 29.5 Å². The summed E-state index contributed by atoms with van der Waals surface area (Å²) in [5.41, 5.74) is 6.87. The summed E-state index contributed by atoms with van der Waals surface area (Å²) in [4.78, 5) is 32.1. The number of allylic oxidation sites excluding steroid dienone is 2. The van der Waals surface area contributed by atoms with Crippen LogP contribution in [0.4, 0.5) is 5.95 Å². The molecule has 0 bridgehead atoms. The topological polar surface area (TPSA) is 115 Å². The number of piperidine rings is 1. The Morgan fingerprint density at radius 2 is 2.11 bits per heavy atom. The van der Waals surface area contributed by atoms with Gasteiger partial charge < -0.3 is 15.2 Å². The molecule has 9 nitrogen and oxygen atoms in total. The number of hydrogen-bond donors (Lipinski definition) is 1. The van der Waals surface area contributed by atoms with Gasteiger partial charge in [0.25, 0.3) is 5.56 Å². The van der Waals surface area contributed by atoms with E-state index < -0.39 is 11.2 Å². The fourth-order valence-electron chi connectivity index (χ4n) is 3.44. The number of anilines is 1. The molecule has 2 aromatic heterocycles. The molecule has 1 aliphatic rings. The monoisotopic (exact) mass is 371 g/mol. The summed E-state index contributed by atoms with van der Waals surface area (Å²) in [6.45, 7) is 5.69. The molecule has 1 aliphatic heterocycles. The van der Waals surface area contributed by atoms with E-state index >= 15 is 0 Å². The smallest absolute Gasteiger partial charge is 0.333 e. The van der Waals surface area contributed by atoms with Gasteiger partial charge in [-0.05, 0) is 26.7 Å². The Morgan fingerprint density at radius 1 is 1.37 bits per heavy atom. The number of rotatable bonds is 4. The van der Waals surface area contributed by atoms with E-state index in [1.54, 1.807) is 0 Å². The molecular formula is C18H25N7O2. The van der Waals surface area contributed by atoms with Crippen LogP contribution in [0.1, 0.15) is 26.7 Å². The van der Waals surface area contributed by atoms with Crippen LogP contribution >= 0.6 is 0 Å². The van der Waals surface area contributed by atoms with Crippen LogP contribution in [0, 0.1) is 11.3 Å². The highest BCUT2D eigenvalue weighted by atomic mass is 16.2. The first-order valence-corrected chi connectivity index (χ1v) is 9.06. The van der Waals surface area contributed by atoms with Gasteiger partial charge in [-0.25, -0.2) is 4.79 Å². The van der Waals surface area contributed by atoms with Crippen molar-refractivity contribution in [2.45, 2.75) is 45.8 Å². The average molecular weight is 371 g/mol. The Hall–Kier alpha value is -2.86. The molecule has 0 spiro atoms. The molecule has 144 valence electrons. The van der Waals surface area contributed by atoms with Gasteiger partial charge in [0, 0.05) is 32.7 Å². The molecule has 0 aliphatic carbocycles. The van der Waals surface area contributed by atoms with Gasteiger partial charge in [-0.1, -0.05) is 11.6 Å². The molecule has 9 heteroatoms. The van der Waals surface area contributed by atoms with Gasteiger partial charge >= 0.3 is 5.69 Å². The highest BCUT2D eigenvalue weighted by molar-refractivity contribution is 5.75. The van der Waals surface area contributed by atoms with Gasteiger partial charge in [0.2, 0.25) is 5.95 Å².